The number of rotatable bonds is 7. The number of nitro groups is 1. The Kier molecular flexibility index (Phi) is 6.94. The van der Waals surface area contributed by atoms with Crippen molar-refractivity contribution in [1.29, 1.82) is 0 Å². The van der Waals surface area contributed by atoms with Crippen LogP contribution >= 0.6 is 0 Å². The van der Waals surface area contributed by atoms with Crippen molar-refractivity contribution < 1.29 is 14.5 Å². The van der Waals surface area contributed by atoms with E-state index in [1.54, 1.807) is 0 Å². The van der Waals surface area contributed by atoms with Crippen molar-refractivity contribution in [3.05, 3.63) is 75.8 Å². The minimum atomic E-state index is -0.557. The summed E-state index contributed by atoms with van der Waals surface area (Å²) in [6.45, 7) is -0.183. The van der Waals surface area contributed by atoms with Crippen molar-refractivity contribution in [3.8, 4) is 0 Å². The molecule has 0 heterocycles. The van der Waals surface area contributed by atoms with Gasteiger partial charge in [-0.1, -0.05) is 55.7 Å². The van der Waals surface area contributed by atoms with E-state index in [1.807, 2.05) is 30.3 Å². The molecule has 3 rings (SSSR count). The fourth-order valence-corrected chi connectivity index (χ4v) is 3.85. The van der Waals surface area contributed by atoms with Crippen LogP contribution in [0.1, 0.15) is 54.1 Å². The fourth-order valence-electron chi connectivity index (χ4n) is 3.85. The predicted octanol–water partition coefficient (Wildman–Crippen LogP) is 3.76. The van der Waals surface area contributed by atoms with Crippen molar-refractivity contribution in [1.82, 2.24) is 10.6 Å². The first-order valence-electron chi connectivity index (χ1n) is 9.91. The number of hydrogen-bond donors (Lipinski definition) is 2. The van der Waals surface area contributed by atoms with Gasteiger partial charge in [0.1, 0.15) is 0 Å². The van der Waals surface area contributed by atoms with E-state index < -0.39 is 10.8 Å². The van der Waals surface area contributed by atoms with Crippen LogP contribution in [0.25, 0.3) is 0 Å². The molecule has 0 bridgehead atoms. The van der Waals surface area contributed by atoms with Crippen LogP contribution in [0.4, 0.5) is 5.69 Å². The van der Waals surface area contributed by atoms with Crippen LogP contribution in [0.2, 0.25) is 0 Å². The van der Waals surface area contributed by atoms with Crippen LogP contribution in [0, 0.1) is 16.0 Å². The zero-order valence-corrected chi connectivity index (χ0v) is 16.2. The lowest BCUT2D eigenvalue weighted by Gasteiger charge is -2.31. The van der Waals surface area contributed by atoms with E-state index in [1.165, 1.54) is 30.7 Å². The summed E-state index contributed by atoms with van der Waals surface area (Å²) in [5, 5.41) is 16.5. The maximum atomic E-state index is 12.5. The second-order valence-electron chi connectivity index (χ2n) is 7.34. The Hall–Kier alpha value is -3.22. The number of carbonyl (C=O) groups excluding carboxylic acids is 2. The molecule has 1 saturated carbocycles. The maximum Gasteiger partial charge on any atom is 0.270 e. The molecule has 0 aliphatic heterocycles. The smallest absolute Gasteiger partial charge is 0.270 e. The summed E-state index contributed by atoms with van der Waals surface area (Å²) in [7, 11) is 0. The fraction of sp³-hybridized carbons (Fsp3) is 0.364. The Morgan fingerprint density at radius 3 is 2.45 bits per heavy atom. The van der Waals surface area contributed by atoms with Crippen molar-refractivity contribution in [2.75, 3.05) is 6.54 Å². The second-order valence-corrected chi connectivity index (χ2v) is 7.34. The molecule has 29 heavy (non-hydrogen) atoms. The minimum Gasteiger partial charge on any atom is -0.347 e. The van der Waals surface area contributed by atoms with E-state index in [2.05, 4.69) is 10.6 Å². The summed E-state index contributed by atoms with van der Waals surface area (Å²) in [6, 6.07) is 15.3. The van der Waals surface area contributed by atoms with Gasteiger partial charge < -0.3 is 10.6 Å². The molecule has 0 aromatic heterocycles. The number of nitrogens with zero attached hydrogens (tertiary/aromatic N) is 1. The van der Waals surface area contributed by atoms with Gasteiger partial charge in [-0.15, -0.1) is 0 Å². The Morgan fingerprint density at radius 2 is 1.76 bits per heavy atom. The molecule has 1 fully saturated rings. The molecule has 1 unspecified atom stereocenters. The lowest BCUT2D eigenvalue weighted by molar-refractivity contribution is -0.384. The largest absolute Gasteiger partial charge is 0.347 e. The third-order valence-electron chi connectivity index (χ3n) is 5.33. The van der Waals surface area contributed by atoms with E-state index in [-0.39, 0.29) is 29.7 Å². The number of carbonyl (C=O) groups is 2. The number of nitrogens with one attached hydrogen (secondary N) is 2. The molecule has 0 spiro atoms. The summed E-state index contributed by atoms with van der Waals surface area (Å²) in [4.78, 5) is 35.1. The molecule has 1 aliphatic rings. The third-order valence-corrected chi connectivity index (χ3v) is 5.33. The quantitative estimate of drug-likeness (QED) is 0.550. The van der Waals surface area contributed by atoms with Crippen molar-refractivity contribution >= 4 is 17.5 Å². The van der Waals surface area contributed by atoms with Crippen LogP contribution in [0.15, 0.2) is 54.6 Å². The van der Waals surface area contributed by atoms with Crippen LogP contribution in [0.3, 0.4) is 0 Å². The molecular weight excluding hydrogens is 370 g/mol. The molecular formula is C22H25N3O4. The topological polar surface area (TPSA) is 101 Å². The van der Waals surface area contributed by atoms with Crippen molar-refractivity contribution in [2.45, 2.75) is 38.1 Å². The average molecular weight is 395 g/mol. The molecule has 2 amide bonds. The van der Waals surface area contributed by atoms with Gasteiger partial charge in [-0.3, -0.25) is 19.7 Å². The summed E-state index contributed by atoms with van der Waals surface area (Å²) >= 11 is 0. The van der Waals surface area contributed by atoms with Crippen LogP contribution < -0.4 is 10.6 Å². The van der Waals surface area contributed by atoms with Gasteiger partial charge in [-0.25, -0.2) is 0 Å². The summed E-state index contributed by atoms with van der Waals surface area (Å²) < 4.78 is 0. The molecule has 0 radical (unpaired) electrons. The van der Waals surface area contributed by atoms with E-state index in [0.29, 0.717) is 5.92 Å². The van der Waals surface area contributed by atoms with E-state index in [4.69, 9.17) is 0 Å². The van der Waals surface area contributed by atoms with Crippen LogP contribution in [0.5, 0.6) is 0 Å². The summed E-state index contributed by atoms with van der Waals surface area (Å²) in [6.07, 6.45) is 5.69. The molecule has 1 atom stereocenters. The first-order valence-corrected chi connectivity index (χ1v) is 9.91. The lowest BCUT2D eigenvalue weighted by Crippen LogP contribution is -2.41. The first-order chi connectivity index (χ1) is 14.0. The highest BCUT2D eigenvalue weighted by Crippen LogP contribution is 2.34. The Labute approximate surface area is 169 Å². The van der Waals surface area contributed by atoms with Gasteiger partial charge >= 0.3 is 0 Å². The third kappa shape index (κ3) is 5.63. The average Bonchev–Trinajstić information content (AvgIpc) is 2.77. The molecule has 0 saturated heterocycles. The highest BCUT2D eigenvalue weighted by molar-refractivity contribution is 5.97. The number of amides is 2. The first kappa shape index (κ1) is 20.5. The number of benzene rings is 2. The van der Waals surface area contributed by atoms with Crippen LogP contribution in [-0.2, 0) is 4.79 Å². The van der Waals surface area contributed by atoms with E-state index in [0.717, 1.165) is 31.2 Å². The van der Waals surface area contributed by atoms with Gasteiger partial charge in [0.15, 0.2) is 0 Å². The monoisotopic (exact) mass is 395 g/mol. The van der Waals surface area contributed by atoms with Crippen molar-refractivity contribution in [3.63, 3.8) is 0 Å². The molecule has 152 valence electrons. The van der Waals surface area contributed by atoms with Crippen LogP contribution in [-0.4, -0.2) is 23.3 Å². The van der Waals surface area contributed by atoms with Crippen molar-refractivity contribution in [2.24, 2.45) is 5.92 Å². The standard InChI is InChI=1S/C22H25N3O4/c26-20(15-23-22(27)18-12-7-13-19(14-18)25(28)29)24-21(16-8-3-1-4-9-16)17-10-5-2-6-11-17/h1,3-4,7-9,12-14,17,21H,2,5-6,10-11,15H2,(H,23,27)(H,24,26). The Bertz CT molecular complexity index is 863. The lowest BCUT2D eigenvalue weighted by atomic mass is 9.81. The highest BCUT2D eigenvalue weighted by Gasteiger charge is 2.26. The summed E-state index contributed by atoms with van der Waals surface area (Å²) in [5.74, 6) is -0.413. The van der Waals surface area contributed by atoms with E-state index >= 15 is 0 Å². The number of non-ortho nitro benzene ring substituents is 1. The van der Waals surface area contributed by atoms with Gasteiger partial charge in [-0.2, -0.15) is 0 Å². The van der Waals surface area contributed by atoms with Gasteiger partial charge in [0.2, 0.25) is 5.91 Å². The maximum absolute atomic E-state index is 12.5. The normalized spacial score (nSPS) is 15.3. The van der Waals surface area contributed by atoms with Gasteiger partial charge in [-0.05, 0) is 30.4 Å². The van der Waals surface area contributed by atoms with Gasteiger partial charge in [0.05, 0.1) is 17.5 Å². The van der Waals surface area contributed by atoms with Gasteiger partial charge in [0.25, 0.3) is 11.6 Å². The molecule has 1 aliphatic carbocycles. The molecule has 7 nitrogen and oxygen atoms in total. The minimum absolute atomic E-state index is 0.0845. The van der Waals surface area contributed by atoms with E-state index in [9.17, 15) is 19.7 Å². The Morgan fingerprint density at radius 1 is 1.03 bits per heavy atom. The Balaban J connectivity index is 1.62. The molecule has 2 aromatic carbocycles. The molecule has 7 heteroatoms. The number of hydrogen-bond acceptors (Lipinski definition) is 4. The predicted molar refractivity (Wildman–Crippen MR) is 109 cm³/mol. The highest BCUT2D eigenvalue weighted by atomic mass is 16.6. The SMILES string of the molecule is O=C(CNC(=O)c1cccc([N+](=O)[O-])c1)NC(c1ccccc1)C1CCCCC1. The zero-order valence-electron chi connectivity index (χ0n) is 16.2. The summed E-state index contributed by atoms with van der Waals surface area (Å²) in [5.41, 5.74) is 1.06. The molecule has 2 N–H and O–H groups in total. The number of nitro benzene ring substituents is 1. The second kappa shape index (κ2) is 9.82. The molecule has 2 aromatic rings. The zero-order chi connectivity index (χ0) is 20.6. The van der Waals surface area contributed by atoms with Gasteiger partial charge in [0, 0.05) is 17.7 Å².